The summed E-state index contributed by atoms with van der Waals surface area (Å²) in [5, 5.41) is 2.98. The molecule has 0 heterocycles. The topological polar surface area (TPSA) is 55.1 Å². The largest absolute Gasteiger partial charge is 0.392 e. The van der Waals surface area contributed by atoms with Crippen LogP contribution in [-0.2, 0) is 11.2 Å². The van der Waals surface area contributed by atoms with Crippen molar-refractivity contribution in [2.24, 2.45) is 11.1 Å². The first-order chi connectivity index (χ1) is 8.60. The minimum atomic E-state index is -0.615. The number of anilines is 1. The van der Waals surface area contributed by atoms with Crippen LogP contribution in [0.4, 0.5) is 5.69 Å². The molecule has 0 aliphatic heterocycles. The van der Waals surface area contributed by atoms with Gasteiger partial charge in [-0.3, -0.25) is 4.79 Å². The quantitative estimate of drug-likeness (QED) is 0.820. The molecule has 0 aromatic heterocycles. The van der Waals surface area contributed by atoms with Gasteiger partial charge >= 0.3 is 0 Å². The van der Waals surface area contributed by atoms with E-state index in [2.05, 4.69) is 12.2 Å². The minimum Gasteiger partial charge on any atom is -0.392 e. The van der Waals surface area contributed by atoms with Crippen molar-refractivity contribution in [3.63, 3.8) is 0 Å². The Kier molecular flexibility index (Phi) is 3.66. The standard InChI is InChI=1S/C14H18N2OS/c1-2-10-6-3-4-7-11(10)16-13(17)14(12(15)18)8-5-9-14/h3-4,6-7H,2,5,8-9H2,1H3,(H2,15,18)(H,16,17). The predicted molar refractivity (Wildman–Crippen MR) is 77.5 cm³/mol. The van der Waals surface area contributed by atoms with E-state index in [4.69, 9.17) is 18.0 Å². The molecule has 1 aliphatic carbocycles. The highest BCUT2D eigenvalue weighted by atomic mass is 32.1. The highest BCUT2D eigenvalue weighted by molar-refractivity contribution is 7.80. The minimum absolute atomic E-state index is 0.0536. The number of thiocarbonyl (C=S) groups is 1. The third-order valence-electron chi connectivity index (χ3n) is 3.76. The molecule has 3 N–H and O–H groups in total. The molecular formula is C14H18N2OS. The molecule has 1 aliphatic rings. The van der Waals surface area contributed by atoms with Gasteiger partial charge in [-0.05, 0) is 30.9 Å². The second kappa shape index (κ2) is 5.06. The number of hydrogen-bond donors (Lipinski definition) is 2. The molecule has 96 valence electrons. The van der Waals surface area contributed by atoms with Crippen LogP contribution in [0.2, 0.25) is 0 Å². The first-order valence-corrected chi connectivity index (χ1v) is 6.70. The van der Waals surface area contributed by atoms with Crippen molar-refractivity contribution in [2.45, 2.75) is 32.6 Å². The van der Waals surface area contributed by atoms with Crippen molar-refractivity contribution < 1.29 is 4.79 Å². The van der Waals surface area contributed by atoms with Crippen LogP contribution >= 0.6 is 12.2 Å². The lowest BCUT2D eigenvalue weighted by Crippen LogP contribution is -2.50. The summed E-state index contributed by atoms with van der Waals surface area (Å²) in [5.74, 6) is -0.0536. The molecule has 0 bridgehead atoms. The van der Waals surface area contributed by atoms with Crippen LogP contribution < -0.4 is 11.1 Å². The molecule has 0 unspecified atom stereocenters. The second-order valence-corrected chi connectivity index (χ2v) is 5.20. The highest BCUT2D eigenvalue weighted by Crippen LogP contribution is 2.42. The number of hydrogen-bond acceptors (Lipinski definition) is 2. The lowest BCUT2D eigenvalue weighted by molar-refractivity contribution is -0.125. The van der Waals surface area contributed by atoms with E-state index in [1.807, 2.05) is 24.3 Å². The lowest BCUT2D eigenvalue weighted by atomic mass is 9.68. The second-order valence-electron chi connectivity index (χ2n) is 4.76. The van der Waals surface area contributed by atoms with E-state index < -0.39 is 5.41 Å². The van der Waals surface area contributed by atoms with Gasteiger partial charge in [0, 0.05) is 5.69 Å². The Hall–Kier alpha value is -1.42. The SMILES string of the molecule is CCc1ccccc1NC(=O)C1(C(N)=S)CCC1. The summed E-state index contributed by atoms with van der Waals surface area (Å²) >= 11 is 5.05. The van der Waals surface area contributed by atoms with Gasteiger partial charge in [-0.1, -0.05) is 43.8 Å². The molecule has 1 aromatic rings. The van der Waals surface area contributed by atoms with Crippen LogP contribution in [-0.4, -0.2) is 10.9 Å². The zero-order valence-corrected chi connectivity index (χ0v) is 11.3. The van der Waals surface area contributed by atoms with Gasteiger partial charge in [-0.15, -0.1) is 0 Å². The molecule has 0 atom stereocenters. The van der Waals surface area contributed by atoms with Crippen LogP contribution in [0, 0.1) is 5.41 Å². The molecule has 0 radical (unpaired) electrons. The summed E-state index contributed by atoms with van der Waals surface area (Å²) in [4.78, 5) is 12.7. The van der Waals surface area contributed by atoms with Gasteiger partial charge in [0.05, 0.1) is 10.4 Å². The Balaban J connectivity index is 2.19. The van der Waals surface area contributed by atoms with E-state index in [0.29, 0.717) is 4.99 Å². The number of para-hydroxylation sites is 1. The van der Waals surface area contributed by atoms with Gasteiger partial charge in [-0.2, -0.15) is 0 Å². The number of carbonyl (C=O) groups excluding carboxylic acids is 1. The highest BCUT2D eigenvalue weighted by Gasteiger charge is 2.47. The molecule has 1 aromatic carbocycles. The summed E-state index contributed by atoms with van der Waals surface area (Å²) in [7, 11) is 0. The smallest absolute Gasteiger partial charge is 0.237 e. The molecule has 4 heteroatoms. The van der Waals surface area contributed by atoms with Crippen LogP contribution in [0.5, 0.6) is 0 Å². The fourth-order valence-electron chi connectivity index (χ4n) is 2.31. The summed E-state index contributed by atoms with van der Waals surface area (Å²) in [5.41, 5.74) is 7.11. The molecule has 1 saturated carbocycles. The van der Waals surface area contributed by atoms with Gasteiger partial charge in [0.25, 0.3) is 0 Å². The maximum Gasteiger partial charge on any atom is 0.237 e. The number of nitrogens with one attached hydrogen (secondary N) is 1. The van der Waals surface area contributed by atoms with E-state index >= 15 is 0 Å². The zero-order valence-electron chi connectivity index (χ0n) is 10.5. The monoisotopic (exact) mass is 262 g/mol. The van der Waals surface area contributed by atoms with Crippen molar-refractivity contribution in [2.75, 3.05) is 5.32 Å². The van der Waals surface area contributed by atoms with Crippen LogP contribution in [0.15, 0.2) is 24.3 Å². The first-order valence-electron chi connectivity index (χ1n) is 6.29. The summed E-state index contributed by atoms with van der Waals surface area (Å²) < 4.78 is 0. The first kappa shape index (κ1) is 13.0. The van der Waals surface area contributed by atoms with Crippen LogP contribution in [0.1, 0.15) is 31.7 Å². The number of amides is 1. The van der Waals surface area contributed by atoms with Crippen molar-refractivity contribution in [1.29, 1.82) is 0 Å². The van der Waals surface area contributed by atoms with E-state index in [1.165, 1.54) is 0 Å². The van der Waals surface area contributed by atoms with Crippen molar-refractivity contribution in [3.8, 4) is 0 Å². The van der Waals surface area contributed by atoms with Crippen LogP contribution in [0.25, 0.3) is 0 Å². The number of aryl methyl sites for hydroxylation is 1. The third-order valence-corrected chi connectivity index (χ3v) is 4.15. The lowest BCUT2D eigenvalue weighted by Gasteiger charge is -2.39. The molecule has 1 fully saturated rings. The molecule has 1 amide bonds. The molecule has 2 rings (SSSR count). The van der Waals surface area contributed by atoms with E-state index in [0.717, 1.165) is 36.9 Å². The number of carbonyl (C=O) groups is 1. The van der Waals surface area contributed by atoms with E-state index in [-0.39, 0.29) is 5.91 Å². The van der Waals surface area contributed by atoms with Gasteiger partial charge < -0.3 is 11.1 Å². The molecule has 18 heavy (non-hydrogen) atoms. The Morgan fingerprint density at radius 1 is 1.44 bits per heavy atom. The normalized spacial score (nSPS) is 16.7. The van der Waals surface area contributed by atoms with Gasteiger partial charge in [0.15, 0.2) is 0 Å². The van der Waals surface area contributed by atoms with Gasteiger partial charge in [-0.25, -0.2) is 0 Å². The average Bonchev–Trinajstić information content (AvgIpc) is 2.27. The Bertz CT molecular complexity index is 480. The fraction of sp³-hybridized carbons (Fsp3) is 0.429. The van der Waals surface area contributed by atoms with Crippen molar-refractivity contribution in [1.82, 2.24) is 0 Å². The summed E-state index contributed by atoms with van der Waals surface area (Å²) in [6, 6.07) is 7.83. The van der Waals surface area contributed by atoms with E-state index in [1.54, 1.807) is 0 Å². The van der Waals surface area contributed by atoms with Gasteiger partial charge in [0.1, 0.15) is 0 Å². The Morgan fingerprint density at radius 3 is 2.61 bits per heavy atom. The molecule has 3 nitrogen and oxygen atoms in total. The zero-order chi connectivity index (χ0) is 13.2. The molecule has 0 saturated heterocycles. The van der Waals surface area contributed by atoms with Crippen molar-refractivity contribution in [3.05, 3.63) is 29.8 Å². The predicted octanol–water partition coefficient (Wildman–Crippen LogP) is 2.64. The summed E-state index contributed by atoms with van der Waals surface area (Å²) in [6.07, 6.45) is 3.43. The molecular weight excluding hydrogens is 244 g/mol. The average molecular weight is 262 g/mol. The maximum absolute atomic E-state index is 12.3. The Labute approximate surface area is 113 Å². The van der Waals surface area contributed by atoms with Crippen molar-refractivity contribution >= 4 is 28.8 Å². The summed E-state index contributed by atoms with van der Waals surface area (Å²) in [6.45, 7) is 2.07. The van der Waals surface area contributed by atoms with Crippen LogP contribution in [0.3, 0.4) is 0 Å². The third kappa shape index (κ3) is 2.12. The fourth-order valence-corrected chi connectivity index (χ4v) is 2.61. The maximum atomic E-state index is 12.3. The number of benzene rings is 1. The Morgan fingerprint density at radius 2 is 2.11 bits per heavy atom. The molecule has 0 spiro atoms. The van der Waals surface area contributed by atoms with Gasteiger partial charge in [0.2, 0.25) is 5.91 Å². The van der Waals surface area contributed by atoms with E-state index in [9.17, 15) is 4.79 Å². The number of nitrogens with two attached hydrogens (primary N) is 1. The number of rotatable bonds is 4.